The fourth-order valence-corrected chi connectivity index (χ4v) is 8.01. The fraction of sp³-hybridized carbons (Fsp3) is 0.625. The van der Waals surface area contributed by atoms with Gasteiger partial charge in [-0.1, -0.05) is 12.6 Å². The first kappa shape index (κ1) is 16.9. The minimum Gasteiger partial charge on any atom is -0.481 e. The van der Waals surface area contributed by atoms with Crippen LogP contribution in [0.25, 0.3) is 0 Å². The summed E-state index contributed by atoms with van der Waals surface area (Å²) in [6.07, 6.45) is 5.91. The molecule has 2 heterocycles. The van der Waals surface area contributed by atoms with Gasteiger partial charge in [0.15, 0.2) is 11.5 Å². The van der Waals surface area contributed by atoms with Crippen molar-refractivity contribution in [3.8, 4) is 11.5 Å². The van der Waals surface area contributed by atoms with Gasteiger partial charge < -0.3 is 14.6 Å². The first-order valence-corrected chi connectivity index (χ1v) is 11.0. The lowest BCUT2D eigenvalue weighted by Crippen LogP contribution is -2.71. The van der Waals surface area contributed by atoms with Crippen molar-refractivity contribution < 1.29 is 19.4 Å². The quantitative estimate of drug-likeness (QED) is 0.486. The van der Waals surface area contributed by atoms with Crippen LogP contribution in [0, 0.1) is 11.3 Å². The lowest BCUT2D eigenvalue weighted by molar-refractivity contribution is -0.158. The molecule has 1 aromatic rings. The van der Waals surface area contributed by atoms with Crippen molar-refractivity contribution >= 4 is 5.97 Å². The highest BCUT2D eigenvalue weighted by Crippen LogP contribution is 2.75. The van der Waals surface area contributed by atoms with Gasteiger partial charge in [0.05, 0.1) is 11.0 Å². The minimum atomic E-state index is -0.808. The Morgan fingerprint density at radius 2 is 2.24 bits per heavy atom. The van der Waals surface area contributed by atoms with Crippen LogP contribution in [0.1, 0.15) is 50.2 Å². The van der Waals surface area contributed by atoms with Gasteiger partial charge in [0, 0.05) is 37.0 Å². The van der Waals surface area contributed by atoms with Gasteiger partial charge in [-0.25, -0.2) is 0 Å². The molecule has 6 aliphatic rings. The van der Waals surface area contributed by atoms with E-state index in [4.69, 9.17) is 9.47 Å². The summed E-state index contributed by atoms with van der Waals surface area (Å²) in [6, 6.07) is 4.18. The van der Waals surface area contributed by atoms with E-state index in [1.165, 1.54) is 25.3 Å². The molecule has 1 N–H and O–H groups in total. The Morgan fingerprint density at radius 1 is 1.41 bits per heavy atom. The Balaban J connectivity index is 1.44. The topological polar surface area (TPSA) is 59.0 Å². The minimum absolute atomic E-state index is 0.132. The summed E-state index contributed by atoms with van der Waals surface area (Å²) in [5.41, 5.74) is 2.31. The summed E-state index contributed by atoms with van der Waals surface area (Å²) < 4.78 is 12.0. The van der Waals surface area contributed by atoms with Crippen molar-refractivity contribution in [2.24, 2.45) is 11.3 Å². The van der Waals surface area contributed by atoms with Crippen molar-refractivity contribution in [3.05, 3.63) is 35.4 Å². The van der Waals surface area contributed by atoms with E-state index in [0.717, 1.165) is 55.8 Å². The SMILES string of the molecule is C=C1CC[C@@]2(O)C3N(CC4CC4)CC34Cc3ccc(OC(C)=O)c5c3[C@@]2(C4)[C@H]1O5. The lowest BCUT2D eigenvalue weighted by Gasteiger charge is -2.58. The largest absolute Gasteiger partial charge is 0.481 e. The highest BCUT2D eigenvalue weighted by atomic mass is 16.6. The van der Waals surface area contributed by atoms with E-state index in [-0.39, 0.29) is 23.5 Å². The number of nitrogens with zero attached hydrogens (tertiary/aromatic N) is 1. The second-order valence-corrected chi connectivity index (χ2v) is 10.6. The highest BCUT2D eigenvalue weighted by molar-refractivity contribution is 5.73. The number of esters is 1. The maximum Gasteiger partial charge on any atom is 0.308 e. The zero-order chi connectivity index (χ0) is 19.8. The van der Waals surface area contributed by atoms with E-state index in [0.29, 0.717) is 11.5 Å². The highest BCUT2D eigenvalue weighted by Gasteiger charge is 2.82. The van der Waals surface area contributed by atoms with Gasteiger partial charge in [0.2, 0.25) is 0 Å². The maximum absolute atomic E-state index is 12.4. The lowest BCUT2D eigenvalue weighted by atomic mass is 9.57. The Bertz CT molecular complexity index is 999. The molecule has 1 aromatic carbocycles. The third-order valence-electron chi connectivity index (χ3n) is 8.84. The molecule has 2 unspecified atom stereocenters. The Labute approximate surface area is 170 Å². The zero-order valence-corrected chi connectivity index (χ0v) is 16.9. The van der Waals surface area contributed by atoms with Crippen LogP contribution in [0.5, 0.6) is 11.5 Å². The van der Waals surface area contributed by atoms with Crippen molar-refractivity contribution in [2.45, 2.75) is 68.6 Å². The van der Waals surface area contributed by atoms with Crippen LogP contribution in [0.3, 0.4) is 0 Å². The smallest absolute Gasteiger partial charge is 0.308 e. The standard InChI is InChI=1S/C24H27NO4/c1-13-7-8-24(27)21-22(12-25(21)10-15-3-4-15)9-16-5-6-17(28-14(2)26)19-18(16)23(24,11-22)20(13)29-19/h5-6,15,20-21,27H,1,3-4,7-12H2,2H3/t20-,21?,22?,23-,24+/m0/s1. The molecule has 4 fully saturated rings. The molecule has 5 atom stereocenters. The van der Waals surface area contributed by atoms with Gasteiger partial charge in [-0.2, -0.15) is 0 Å². The Morgan fingerprint density at radius 3 is 3.00 bits per heavy atom. The number of aliphatic hydroxyl groups is 1. The third kappa shape index (κ3) is 1.76. The molecule has 5 nitrogen and oxygen atoms in total. The number of carbonyl (C=O) groups is 1. The van der Waals surface area contributed by atoms with Gasteiger partial charge in [-0.3, -0.25) is 9.69 Å². The van der Waals surface area contributed by atoms with Crippen molar-refractivity contribution in [2.75, 3.05) is 13.1 Å². The number of fused-ring (bicyclic) bond motifs is 1. The van der Waals surface area contributed by atoms with Crippen molar-refractivity contribution in [3.63, 3.8) is 0 Å². The number of hydrogen-bond donors (Lipinski definition) is 1. The molecular weight excluding hydrogens is 366 g/mol. The second kappa shape index (κ2) is 4.89. The van der Waals surface area contributed by atoms with E-state index in [1.807, 2.05) is 6.07 Å². The van der Waals surface area contributed by atoms with Gasteiger partial charge >= 0.3 is 5.97 Å². The van der Waals surface area contributed by atoms with Crippen LogP contribution in [0.2, 0.25) is 0 Å². The monoisotopic (exact) mass is 393 g/mol. The molecular formula is C24H27NO4. The van der Waals surface area contributed by atoms with E-state index >= 15 is 0 Å². The number of carbonyl (C=O) groups excluding carboxylic acids is 1. The maximum atomic E-state index is 12.4. The molecule has 152 valence electrons. The first-order valence-electron chi connectivity index (χ1n) is 11.0. The molecule has 0 amide bonds. The molecule has 7 rings (SSSR count). The van der Waals surface area contributed by atoms with E-state index in [2.05, 4.69) is 17.5 Å². The third-order valence-corrected chi connectivity index (χ3v) is 8.84. The van der Waals surface area contributed by atoms with Crippen LogP contribution in [0.15, 0.2) is 24.3 Å². The molecule has 4 aliphatic carbocycles. The number of rotatable bonds is 3. The molecule has 2 spiro atoms. The van der Waals surface area contributed by atoms with Crippen LogP contribution in [-0.2, 0) is 16.6 Å². The van der Waals surface area contributed by atoms with Gasteiger partial charge in [0.1, 0.15) is 6.10 Å². The Kier molecular flexibility index (Phi) is 2.85. The Hall–Kier alpha value is -1.85. The summed E-state index contributed by atoms with van der Waals surface area (Å²) in [7, 11) is 0. The molecule has 2 bridgehead atoms. The molecule has 5 heteroatoms. The van der Waals surface area contributed by atoms with Gasteiger partial charge in [-0.05, 0) is 61.6 Å². The van der Waals surface area contributed by atoms with Crippen LogP contribution >= 0.6 is 0 Å². The second-order valence-electron chi connectivity index (χ2n) is 10.6. The van der Waals surface area contributed by atoms with Crippen LogP contribution in [-0.4, -0.2) is 46.8 Å². The number of ether oxygens (including phenoxy) is 2. The number of likely N-dealkylation sites (tertiary alicyclic amines) is 1. The number of benzene rings is 1. The van der Waals surface area contributed by atoms with Gasteiger partial charge in [-0.15, -0.1) is 0 Å². The van der Waals surface area contributed by atoms with Crippen LogP contribution in [0.4, 0.5) is 0 Å². The molecule has 0 aromatic heterocycles. The summed E-state index contributed by atoms with van der Waals surface area (Å²) in [5, 5.41) is 12.4. The fourth-order valence-electron chi connectivity index (χ4n) is 8.01. The van der Waals surface area contributed by atoms with Crippen LogP contribution < -0.4 is 9.47 Å². The average Bonchev–Trinajstić information content (AvgIpc) is 3.36. The summed E-state index contributed by atoms with van der Waals surface area (Å²) in [4.78, 5) is 14.3. The van der Waals surface area contributed by atoms with E-state index < -0.39 is 11.0 Å². The first-order chi connectivity index (χ1) is 13.9. The predicted octanol–water partition coefficient (Wildman–Crippen LogP) is 2.73. The van der Waals surface area contributed by atoms with E-state index in [9.17, 15) is 9.90 Å². The normalized spacial score (nSPS) is 43.3. The zero-order valence-electron chi connectivity index (χ0n) is 16.9. The van der Waals surface area contributed by atoms with Crippen molar-refractivity contribution in [1.82, 2.24) is 4.90 Å². The van der Waals surface area contributed by atoms with E-state index in [1.54, 1.807) is 0 Å². The average molecular weight is 393 g/mol. The molecule has 3 saturated carbocycles. The summed E-state index contributed by atoms with van der Waals surface area (Å²) >= 11 is 0. The van der Waals surface area contributed by atoms with Gasteiger partial charge in [0.25, 0.3) is 0 Å². The van der Waals surface area contributed by atoms with Crippen molar-refractivity contribution in [1.29, 1.82) is 0 Å². The predicted molar refractivity (Wildman–Crippen MR) is 106 cm³/mol. The number of hydrogen-bond acceptors (Lipinski definition) is 5. The molecule has 29 heavy (non-hydrogen) atoms. The molecule has 1 saturated heterocycles. The molecule has 2 aliphatic heterocycles. The summed E-state index contributed by atoms with van der Waals surface area (Å²) in [5.74, 6) is 1.63. The molecule has 0 radical (unpaired) electrons. The summed E-state index contributed by atoms with van der Waals surface area (Å²) in [6.45, 7) is 7.97.